The van der Waals surface area contributed by atoms with E-state index < -0.39 is 22.0 Å². The van der Waals surface area contributed by atoms with Crippen LogP contribution >= 0.6 is 0 Å². The zero-order valence-corrected chi connectivity index (χ0v) is 15.6. The summed E-state index contributed by atoms with van der Waals surface area (Å²) in [4.78, 5) is 24.2. The first-order chi connectivity index (χ1) is 11.8. The standard InChI is InChI=1S/C16H25N3O5S/c1-4-8-17-15(20)13-7-6-9-19(13)25(22,23)12-10-14(18(3)11-12)16(21)24-5-2/h10-11,13H,4-9H2,1-3H3,(H,17,20)/t13-/m0/s1. The number of ether oxygens (including phenoxy) is 1. The predicted octanol–water partition coefficient (Wildman–Crippen LogP) is 0.881. The summed E-state index contributed by atoms with van der Waals surface area (Å²) in [6.07, 6.45) is 3.28. The monoisotopic (exact) mass is 371 g/mol. The molecule has 0 spiro atoms. The normalized spacial score (nSPS) is 18.3. The van der Waals surface area contributed by atoms with Crippen LogP contribution in [0.1, 0.15) is 43.6 Å². The Bertz CT molecular complexity index is 741. The number of aromatic nitrogens is 1. The highest BCUT2D eigenvalue weighted by atomic mass is 32.2. The molecule has 1 aliphatic heterocycles. The largest absolute Gasteiger partial charge is 0.461 e. The highest BCUT2D eigenvalue weighted by Crippen LogP contribution is 2.27. The van der Waals surface area contributed by atoms with E-state index in [9.17, 15) is 18.0 Å². The second-order valence-corrected chi connectivity index (χ2v) is 7.85. The van der Waals surface area contributed by atoms with Crippen LogP contribution in [0.3, 0.4) is 0 Å². The number of nitrogens with one attached hydrogen (secondary N) is 1. The van der Waals surface area contributed by atoms with Gasteiger partial charge in [-0.2, -0.15) is 4.31 Å². The fourth-order valence-electron chi connectivity index (χ4n) is 2.87. The Labute approximate surface area is 148 Å². The maximum Gasteiger partial charge on any atom is 0.354 e. The molecule has 140 valence electrons. The topological polar surface area (TPSA) is 97.7 Å². The summed E-state index contributed by atoms with van der Waals surface area (Å²) < 4.78 is 33.5. The lowest BCUT2D eigenvalue weighted by Crippen LogP contribution is -2.45. The number of carbonyl (C=O) groups excluding carboxylic acids is 2. The number of hydrogen-bond donors (Lipinski definition) is 1. The summed E-state index contributed by atoms with van der Waals surface area (Å²) in [5, 5.41) is 2.75. The van der Waals surface area contributed by atoms with E-state index in [4.69, 9.17) is 4.74 Å². The zero-order valence-electron chi connectivity index (χ0n) is 14.8. The van der Waals surface area contributed by atoms with Crippen molar-refractivity contribution in [1.82, 2.24) is 14.2 Å². The molecule has 2 heterocycles. The van der Waals surface area contributed by atoms with Crippen molar-refractivity contribution in [3.63, 3.8) is 0 Å². The van der Waals surface area contributed by atoms with Gasteiger partial charge in [-0.25, -0.2) is 13.2 Å². The Hall–Kier alpha value is -1.87. The molecule has 0 aliphatic carbocycles. The molecule has 25 heavy (non-hydrogen) atoms. The highest BCUT2D eigenvalue weighted by molar-refractivity contribution is 7.89. The first-order valence-electron chi connectivity index (χ1n) is 8.46. The third-order valence-electron chi connectivity index (χ3n) is 4.13. The van der Waals surface area contributed by atoms with Gasteiger partial charge in [-0.1, -0.05) is 6.92 Å². The van der Waals surface area contributed by atoms with Gasteiger partial charge in [0.05, 0.1) is 6.61 Å². The average molecular weight is 371 g/mol. The molecule has 1 fully saturated rings. The number of sulfonamides is 1. The van der Waals surface area contributed by atoms with Crippen LogP contribution in [0.25, 0.3) is 0 Å². The van der Waals surface area contributed by atoms with Gasteiger partial charge in [-0.3, -0.25) is 4.79 Å². The molecule has 1 N–H and O–H groups in total. The van der Waals surface area contributed by atoms with Crippen molar-refractivity contribution in [2.45, 2.75) is 44.0 Å². The van der Waals surface area contributed by atoms with E-state index in [1.165, 1.54) is 21.1 Å². The Balaban J connectivity index is 2.27. The molecule has 1 saturated heterocycles. The number of carbonyl (C=O) groups is 2. The van der Waals surface area contributed by atoms with Gasteiger partial charge in [-0.15, -0.1) is 0 Å². The van der Waals surface area contributed by atoms with Gasteiger partial charge in [0, 0.05) is 26.3 Å². The van der Waals surface area contributed by atoms with Crippen LogP contribution in [0.5, 0.6) is 0 Å². The Morgan fingerprint density at radius 1 is 1.36 bits per heavy atom. The molecule has 0 aromatic carbocycles. The molecule has 9 heteroatoms. The van der Waals surface area contributed by atoms with E-state index in [0.717, 1.165) is 6.42 Å². The number of nitrogens with zero attached hydrogens (tertiary/aromatic N) is 2. The van der Waals surface area contributed by atoms with E-state index >= 15 is 0 Å². The van der Waals surface area contributed by atoms with Crippen LogP contribution in [-0.2, 0) is 26.6 Å². The molecule has 1 aliphatic rings. The number of hydrogen-bond acceptors (Lipinski definition) is 5. The molecular weight excluding hydrogens is 346 g/mol. The van der Waals surface area contributed by atoms with Gasteiger partial charge in [0.2, 0.25) is 15.9 Å². The number of esters is 1. The molecule has 0 unspecified atom stereocenters. The summed E-state index contributed by atoms with van der Waals surface area (Å²) >= 11 is 0. The van der Waals surface area contributed by atoms with Gasteiger partial charge in [0.25, 0.3) is 0 Å². The van der Waals surface area contributed by atoms with Crippen LogP contribution in [0.2, 0.25) is 0 Å². The molecule has 0 radical (unpaired) electrons. The van der Waals surface area contributed by atoms with Crippen LogP contribution in [0, 0.1) is 0 Å². The maximum atomic E-state index is 12.9. The molecule has 8 nitrogen and oxygen atoms in total. The second kappa shape index (κ2) is 8.01. The summed E-state index contributed by atoms with van der Waals surface area (Å²) in [6, 6.07) is 0.593. The fraction of sp³-hybridized carbons (Fsp3) is 0.625. The van der Waals surface area contributed by atoms with Crippen molar-refractivity contribution in [2.75, 3.05) is 19.7 Å². The summed E-state index contributed by atoms with van der Waals surface area (Å²) in [5.41, 5.74) is 0.159. The van der Waals surface area contributed by atoms with E-state index in [1.807, 2.05) is 6.92 Å². The Morgan fingerprint density at radius 3 is 2.72 bits per heavy atom. The smallest absolute Gasteiger partial charge is 0.354 e. The van der Waals surface area contributed by atoms with Gasteiger partial charge in [-0.05, 0) is 32.3 Å². The number of amides is 1. The van der Waals surface area contributed by atoms with Crippen molar-refractivity contribution in [2.24, 2.45) is 7.05 Å². The summed E-state index contributed by atoms with van der Waals surface area (Å²) in [5.74, 6) is -0.852. The van der Waals surface area contributed by atoms with Gasteiger partial charge < -0.3 is 14.6 Å². The first kappa shape index (κ1) is 19.5. The molecule has 0 saturated carbocycles. The van der Waals surface area contributed by atoms with Crippen LogP contribution < -0.4 is 5.32 Å². The Kier molecular flexibility index (Phi) is 6.23. The van der Waals surface area contributed by atoms with E-state index in [0.29, 0.717) is 19.4 Å². The Morgan fingerprint density at radius 2 is 2.08 bits per heavy atom. The molecule has 2 rings (SSSR count). The van der Waals surface area contributed by atoms with Crippen LogP contribution in [-0.4, -0.2) is 54.9 Å². The SMILES string of the molecule is CCCNC(=O)[C@@H]1CCCN1S(=O)(=O)c1cc(C(=O)OCC)n(C)c1. The fourth-order valence-corrected chi connectivity index (χ4v) is 4.60. The van der Waals surface area contributed by atoms with Gasteiger partial charge >= 0.3 is 5.97 Å². The lowest BCUT2D eigenvalue weighted by Gasteiger charge is -2.22. The summed E-state index contributed by atoms with van der Waals surface area (Å²) in [7, 11) is -2.28. The minimum Gasteiger partial charge on any atom is -0.461 e. The maximum absolute atomic E-state index is 12.9. The number of rotatable bonds is 7. The lowest BCUT2D eigenvalue weighted by molar-refractivity contribution is -0.124. The van der Waals surface area contributed by atoms with Crippen molar-refractivity contribution in [3.8, 4) is 0 Å². The third-order valence-corrected chi connectivity index (χ3v) is 6.00. The van der Waals surface area contributed by atoms with Crippen molar-refractivity contribution in [3.05, 3.63) is 18.0 Å². The van der Waals surface area contributed by atoms with E-state index in [-0.39, 0.29) is 29.6 Å². The van der Waals surface area contributed by atoms with E-state index in [2.05, 4.69) is 5.32 Å². The molecule has 1 amide bonds. The number of aryl methyl sites for hydroxylation is 1. The predicted molar refractivity (Wildman–Crippen MR) is 91.6 cm³/mol. The molecule has 0 bridgehead atoms. The van der Waals surface area contributed by atoms with E-state index in [1.54, 1.807) is 14.0 Å². The minimum atomic E-state index is -3.86. The lowest BCUT2D eigenvalue weighted by atomic mass is 10.2. The molecule has 1 aromatic heterocycles. The minimum absolute atomic E-state index is 0.00626. The first-order valence-corrected chi connectivity index (χ1v) is 9.90. The third kappa shape index (κ3) is 4.04. The summed E-state index contributed by atoms with van der Waals surface area (Å²) in [6.45, 7) is 4.63. The van der Waals surface area contributed by atoms with Gasteiger partial charge in [0.15, 0.2) is 0 Å². The zero-order chi connectivity index (χ0) is 18.6. The average Bonchev–Trinajstić information content (AvgIpc) is 3.20. The van der Waals surface area contributed by atoms with Crippen LogP contribution in [0.15, 0.2) is 17.2 Å². The van der Waals surface area contributed by atoms with Gasteiger partial charge in [0.1, 0.15) is 16.6 Å². The van der Waals surface area contributed by atoms with Crippen LogP contribution in [0.4, 0.5) is 0 Å². The van der Waals surface area contributed by atoms with Crippen molar-refractivity contribution >= 4 is 21.9 Å². The molecular formula is C16H25N3O5S. The molecule has 1 aromatic rings. The molecule has 1 atom stereocenters. The van der Waals surface area contributed by atoms with Crippen molar-refractivity contribution < 1.29 is 22.7 Å². The quantitative estimate of drug-likeness (QED) is 0.718. The second-order valence-electron chi connectivity index (χ2n) is 5.96. The highest BCUT2D eigenvalue weighted by Gasteiger charge is 2.40. The van der Waals surface area contributed by atoms with Crippen molar-refractivity contribution in [1.29, 1.82) is 0 Å².